The van der Waals surface area contributed by atoms with E-state index >= 15 is 0 Å². The van der Waals surface area contributed by atoms with Gasteiger partial charge in [-0.3, -0.25) is 24.0 Å². The number of amides is 5. The third kappa shape index (κ3) is 13.1. The van der Waals surface area contributed by atoms with Crippen molar-refractivity contribution in [3.05, 3.63) is 95.1 Å². The van der Waals surface area contributed by atoms with E-state index in [0.717, 1.165) is 21.7 Å². The number of hydrogen-bond acceptors (Lipinski definition) is 12. The Balaban J connectivity index is 0.962. The second-order valence-electron chi connectivity index (χ2n) is 15.3. The van der Waals surface area contributed by atoms with E-state index in [1.165, 1.54) is 4.90 Å². The van der Waals surface area contributed by atoms with Gasteiger partial charge in [0.05, 0.1) is 60.0 Å². The van der Waals surface area contributed by atoms with Gasteiger partial charge in [0.1, 0.15) is 25.3 Å². The molecule has 1 aliphatic heterocycles. The third-order valence-electron chi connectivity index (χ3n) is 9.56. The number of benzene rings is 3. The number of para-hydroxylation sites is 2. The second-order valence-corrected chi connectivity index (χ2v) is 16.2. The van der Waals surface area contributed by atoms with Gasteiger partial charge in [-0.05, 0) is 59.9 Å². The lowest BCUT2D eigenvalue weighted by molar-refractivity contribution is -0.144. The summed E-state index contributed by atoms with van der Waals surface area (Å²) in [6.07, 6.45) is -0.807. The summed E-state index contributed by atoms with van der Waals surface area (Å²) in [4.78, 5) is 71.7. The molecule has 5 amide bonds. The molecule has 17 heteroatoms. The number of hydrogen-bond donors (Lipinski definition) is 6. The fraction of sp³-hybridized carbons (Fsp3) is 0.395. The number of carbonyl (C=O) groups excluding carboxylic acids is 5. The molecule has 0 radical (unpaired) electrons. The van der Waals surface area contributed by atoms with Gasteiger partial charge in [0.2, 0.25) is 23.6 Å². The van der Waals surface area contributed by atoms with Crippen LogP contribution < -0.4 is 27.0 Å². The SMILES string of the molecule is Cc1ncsc1-c1ccc(CNC(=O)C2CC(O)CN2C(=O)C(NC(=O)COCCOCCOCC(=O)Nc2ccc(C(=O)Nc3ccccc3N)cc2)C(C)(C)C)cc1. The number of aliphatic hydroxyl groups is 1. The van der Waals surface area contributed by atoms with Gasteiger partial charge in [0.15, 0.2) is 0 Å². The van der Waals surface area contributed by atoms with Crippen LogP contribution in [0.15, 0.2) is 78.3 Å². The highest BCUT2D eigenvalue weighted by molar-refractivity contribution is 7.13. The molecule has 0 saturated carbocycles. The summed E-state index contributed by atoms with van der Waals surface area (Å²) in [5, 5.41) is 21.6. The van der Waals surface area contributed by atoms with Crippen molar-refractivity contribution in [2.75, 3.05) is 62.6 Å². The largest absolute Gasteiger partial charge is 0.397 e. The van der Waals surface area contributed by atoms with Gasteiger partial charge in [-0.15, -0.1) is 11.3 Å². The number of likely N-dealkylation sites (tertiary alicyclic amines) is 1. The normalized spacial score (nSPS) is 15.6. The van der Waals surface area contributed by atoms with Gasteiger partial charge in [-0.1, -0.05) is 57.2 Å². The number of rotatable bonds is 19. The van der Waals surface area contributed by atoms with E-state index in [0.29, 0.717) is 22.6 Å². The highest BCUT2D eigenvalue weighted by atomic mass is 32.1. The van der Waals surface area contributed by atoms with Crippen LogP contribution in [0.4, 0.5) is 17.1 Å². The number of thiazole rings is 1. The Hall–Kier alpha value is -5.72. The van der Waals surface area contributed by atoms with E-state index in [2.05, 4.69) is 26.3 Å². The Morgan fingerprint density at radius 3 is 2.17 bits per heavy atom. The summed E-state index contributed by atoms with van der Waals surface area (Å²) in [5.74, 6) is -2.10. The number of ether oxygens (including phenoxy) is 3. The van der Waals surface area contributed by atoms with Crippen molar-refractivity contribution in [3.63, 3.8) is 0 Å². The minimum Gasteiger partial charge on any atom is -0.397 e. The lowest BCUT2D eigenvalue weighted by Crippen LogP contribution is -2.58. The molecule has 0 bridgehead atoms. The fourth-order valence-corrected chi connectivity index (χ4v) is 7.17. The van der Waals surface area contributed by atoms with Crippen molar-refractivity contribution in [2.45, 2.75) is 58.8 Å². The maximum atomic E-state index is 13.9. The number of aryl methyl sites for hydroxylation is 1. The van der Waals surface area contributed by atoms with Gasteiger partial charge < -0.3 is 51.2 Å². The number of nitrogens with zero attached hydrogens (tertiary/aromatic N) is 2. The predicted molar refractivity (Wildman–Crippen MR) is 228 cm³/mol. The first-order valence-corrected chi connectivity index (χ1v) is 20.4. The highest BCUT2D eigenvalue weighted by Crippen LogP contribution is 2.28. The molecule has 320 valence electrons. The summed E-state index contributed by atoms with van der Waals surface area (Å²) in [5.41, 5.74) is 11.7. The summed E-state index contributed by atoms with van der Waals surface area (Å²) in [7, 11) is 0. The first-order valence-electron chi connectivity index (χ1n) is 19.5. The Morgan fingerprint density at radius 1 is 0.883 bits per heavy atom. The maximum Gasteiger partial charge on any atom is 0.255 e. The summed E-state index contributed by atoms with van der Waals surface area (Å²) in [6.45, 7) is 7.58. The molecule has 3 unspecified atom stereocenters. The average molecular weight is 844 g/mol. The highest BCUT2D eigenvalue weighted by Gasteiger charge is 2.44. The number of nitrogens with one attached hydrogen (secondary N) is 4. The minimum absolute atomic E-state index is 0.0354. The smallest absolute Gasteiger partial charge is 0.255 e. The van der Waals surface area contributed by atoms with Crippen molar-refractivity contribution in [1.82, 2.24) is 20.5 Å². The second kappa shape index (κ2) is 21.5. The zero-order valence-corrected chi connectivity index (χ0v) is 35.0. The van der Waals surface area contributed by atoms with Crippen molar-refractivity contribution >= 4 is 57.9 Å². The van der Waals surface area contributed by atoms with Crippen LogP contribution in [0.25, 0.3) is 10.4 Å². The molecule has 4 aromatic rings. The Kier molecular flexibility index (Phi) is 16.3. The molecular formula is C43H53N7O9S. The third-order valence-corrected chi connectivity index (χ3v) is 10.5. The lowest BCUT2D eigenvalue weighted by atomic mass is 9.85. The number of aliphatic hydroxyl groups excluding tert-OH is 1. The molecule has 16 nitrogen and oxygen atoms in total. The van der Waals surface area contributed by atoms with E-state index in [-0.39, 0.29) is 76.9 Å². The van der Waals surface area contributed by atoms with Crippen LogP contribution in [0.5, 0.6) is 0 Å². The zero-order chi connectivity index (χ0) is 43.2. The molecule has 1 saturated heterocycles. The predicted octanol–water partition coefficient (Wildman–Crippen LogP) is 3.75. The van der Waals surface area contributed by atoms with E-state index < -0.39 is 35.4 Å². The number of aromatic nitrogens is 1. The monoisotopic (exact) mass is 843 g/mol. The minimum atomic E-state index is -0.992. The number of carbonyl (C=O) groups is 5. The van der Waals surface area contributed by atoms with E-state index in [9.17, 15) is 29.1 Å². The molecule has 0 aliphatic carbocycles. The van der Waals surface area contributed by atoms with Crippen molar-refractivity contribution in [2.24, 2.45) is 5.41 Å². The van der Waals surface area contributed by atoms with Gasteiger partial charge in [-0.25, -0.2) is 4.98 Å². The van der Waals surface area contributed by atoms with Gasteiger partial charge >= 0.3 is 0 Å². The summed E-state index contributed by atoms with van der Waals surface area (Å²) >= 11 is 1.56. The Bertz CT molecular complexity index is 2090. The van der Waals surface area contributed by atoms with Crippen molar-refractivity contribution in [3.8, 4) is 10.4 Å². The molecule has 1 aliphatic rings. The quantitative estimate of drug-likeness (QED) is 0.0589. The maximum absolute atomic E-state index is 13.9. The summed E-state index contributed by atoms with van der Waals surface area (Å²) in [6, 6.07) is 19.2. The van der Waals surface area contributed by atoms with E-state index in [4.69, 9.17) is 19.9 Å². The molecule has 5 rings (SSSR count). The molecule has 1 fully saturated rings. The molecule has 3 atom stereocenters. The van der Waals surface area contributed by atoms with Crippen molar-refractivity contribution in [1.29, 1.82) is 0 Å². The Morgan fingerprint density at radius 2 is 1.53 bits per heavy atom. The number of nitrogens with two attached hydrogens (primary N) is 1. The lowest BCUT2D eigenvalue weighted by Gasteiger charge is -2.35. The van der Waals surface area contributed by atoms with Crippen LogP contribution in [0.1, 0.15) is 48.8 Å². The summed E-state index contributed by atoms with van der Waals surface area (Å²) < 4.78 is 16.3. The van der Waals surface area contributed by atoms with Crippen molar-refractivity contribution < 1.29 is 43.3 Å². The molecule has 2 heterocycles. The number of β-amino-alcohol motifs (C(OH)–C–C–N with tert-alkyl or cyclic N) is 1. The first kappa shape index (κ1) is 45.4. The van der Waals surface area contributed by atoms with E-state index in [1.54, 1.807) is 86.1 Å². The zero-order valence-electron chi connectivity index (χ0n) is 34.2. The standard InChI is InChI=1S/C43H53N7O9S/c1-27-38(60-26-46-27)29-11-9-28(10-12-29)22-45-41(55)35-21-32(51)23-50(35)42(56)39(43(2,3)4)49-37(53)25-59-20-18-57-17-19-58-24-36(52)47-31-15-13-30(14-16-31)40(54)48-34-8-6-5-7-33(34)44/h5-16,26,32,35,39,51H,17-25,44H2,1-4H3,(H,45,55)(H,47,52)(H,48,54)(H,49,53). The number of anilines is 3. The van der Waals surface area contributed by atoms with Gasteiger partial charge in [0, 0.05) is 30.8 Å². The molecular weight excluding hydrogens is 791 g/mol. The topological polar surface area (TPSA) is 224 Å². The molecule has 3 aromatic carbocycles. The van der Waals surface area contributed by atoms with Crippen LogP contribution in [0.3, 0.4) is 0 Å². The first-order chi connectivity index (χ1) is 28.7. The van der Waals surface area contributed by atoms with Gasteiger partial charge in [-0.2, -0.15) is 0 Å². The van der Waals surface area contributed by atoms with Crippen LogP contribution in [0.2, 0.25) is 0 Å². The number of nitrogen functional groups attached to an aromatic ring is 1. The average Bonchev–Trinajstić information content (AvgIpc) is 3.84. The molecule has 0 spiro atoms. The van der Waals surface area contributed by atoms with Crippen LogP contribution in [-0.2, 0) is 39.9 Å². The van der Waals surface area contributed by atoms with Gasteiger partial charge in [0.25, 0.3) is 5.91 Å². The molecule has 7 N–H and O–H groups in total. The van der Waals surface area contributed by atoms with E-state index in [1.807, 2.05) is 31.2 Å². The Labute approximate surface area is 353 Å². The van der Waals surface area contributed by atoms with Crippen LogP contribution in [0, 0.1) is 12.3 Å². The van der Waals surface area contributed by atoms with Crippen LogP contribution in [-0.4, -0.2) is 109 Å². The fourth-order valence-electron chi connectivity index (χ4n) is 6.36. The van der Waals surface area contributed by atoms with Crippen LogP contribution >= 0.6 is 11.3 Å². The molecule has 60 heavy (non-hydrogen) atoms. The molecule has 1 aromatic heterocycles.